The van der Waals surface area contributed by atoms with Gasteiger partial charge in [-0.05, 0) is 31.9 Å². The van der Waals surface area contributed by atoms with Crippen LogP contribution in [0.5, 0.6) is 0 Å². The summed E-state index contributed by atoms with van der Waals surface area (Å²) in [7, 11) is -2.17. The van der Waals surface area contributed by atoms with Gasteiger partial charge in [-0.2, -0.15) is 8.42 Å². The molecule has 0 amide bonds. The zero-order valence-electron chi connectivity index (χ0n) is 11.7. The fourth-order valence-electron chi connectivity index (χ4n) is 2.25. The first-order chi connectivity index (χ1) is 8.83. The summed E-state index contributed by atoms with van der Waals surface area (Å²) in [6.07, 6.45) is 5.34. The van der Waals surface area contributed by atoms with Crippen LogP contribution in [0.25, 0.3) is 0 Å². The molecule has 1 aliphatic carbocycles. The first-order valence-electron chi connectivity index (χ1n) is 6.46. The van der Waals surface area contributed by atoms with Crippen molar-refractivity contribution < 1.29 is 17.7 Å². The quantitative estimate of drug-likeness (QED) is 0.551. The topological polar surface area (TPSA) is 75.6 Å². The van der Waals surface area contributed by atoms with Gasteiger partial charge >= 0.3 is 0 Å². The number of ether oxygens (including phenoxy) is 1. The summed E-state index contributed by atoms with van der Waals surface area (Å²) < 4.78 is 35.1. The third-order valence-corrected chi connectivity index (χ3v) is 4.13. The highest BCUT2D eigenvalue weighted by atomic mass is 32.2. The van der Waals surface area contributed by atoms with E-state index < -0.39 is 10.1 Å². The molecule has 1 rings (SSSR count). The Balaban J connectivity index is 2.43. The van der Waals surface area contributed by atoms with E-state index in [1.165, 1.54) is 5.57 Å². The predicted octanol–water partition coefficient (Wildman–Crippen LogP) is 1.74. The smallest absolute Gasteiger partial charge is 0.264 e. The number of nitrogens with one attached hydrogen (secondary N) is 1. The number of hydrogen-bond acceptors (Lipinski definition) is 4. The van der Waals surface area contributed by atoms with E-state index in [1.54, 1.807) is 7.11 Å². The molecule has 5 nitrogen and oxygen atoms in total. The minimum Gasteiger partial charge on any atom is -0.501 e. The Labute approximate surface area is 115 Å². The van der Waals surface area contributed by atoms with Gasteiger partial charge in [-0.3, -0.25) is 4.55 Å². The van der Waals surface area contributed by atoms with Gasteiger partial charge in [0.25, 0.3) is 10.1 Å². The van der Waals surface area contributed by atoms with Gasteiger partial charge in [0.2, 0.25) is 0 Å². The third kappa shape index (κ3) is 5.76. The molecular formula is C13H23NO4S. The average Bonchev–Trinajstić information content (AvgIpc) is 2.33. The Morgan fingerprint density at radius 3 is 2.74 bits per heavy atom. The first kappa shape index (κ1) is 16.2. The molecule has 1 aliphatic rings. The number of hydrogen-bond donors (Lipinski definition) is 2. The van der Waals surface area contributed by atoms with Crippen LogP contribution in [-0.4, -0.2) is 38.4 Å². The monoisotopic (exact) mass is 289 g/mol. The normalized spacial score (nSPS) is 21.6. The lowest BCUT2D eigenvalue weighted by Gasteiger charge is -2.26. The molecule has 1 unspecified atom stereocenters. The highest BCUT2D eigenvalue weighted by molar-refractivity contribution is 7.85. The van der Waals surface area contributed by atoms with E-state index in [2.05, 4.69) is 25.2 Å². The molecule has 0 saturated carbocycles. The molecule has 0 bridgehead atoms. The van der Waals surface area contributed by atoms with Gasteiger partial charge in [-0.1, -0.05) is 18.6 Å². The number of methoxy groups -OCH3 is 1. The van der Waals surface area contributed by atoms with Crippen LogP contribution in [0.2, 0.25) is 0 Å². The van der Waals surface area contributed by atoms with Crippen molar-refractivity contribution in [3.63, 3.8) is 0 Å². The van der Waals surface area contributed by atoms with Crippen LogP contribution < -0.4 is 5.32 Å². The lowest BCUT2D eigenvalue weighted by molar-refractivity contribution is 0.263. The maximum absolute atomic E-state index is 10.6. The van der Waals surface area contributed by atoms with Crippen molar-refractivity contribution in [2.45, 2.75) is 32.7 Å². The lowest BCUT2D eigenvalue weighted by Crippen LogP contribution is -2.32. The van der Waals surface area contributed by atoms with Crippen LogP contribution in [0.4, 0.5) is 0 Å². The van der Waals surface area contributed by atoms with Crippen LogP contribution in [-0.2, 0) is 14.9 Å². The minimum atomic E-state index is -3.85. The molecule has 0 aliphatic heterocycles. The summed E-state index contributed by atoms with van der Waals surface area (Å²) >= 11 is 0. The molecule has 0 heterocycles. The van der Waals surface area contributed by atoms with Gasteiger partial charge in [0.15, 0.2) is 0 Å². The molecule has 0 saturated heterocycles. The molecule has 6 heteroatoms. The van der Waals surface area contributed by atoms with Crippen LogP contribution in [0.3, 0.4) is 0 Å². The maximum atomic E-state index is 10.6. The summed E-state index contributed by atoms with van der Waals surface area (Å²) in [5.41, 5.74) is 1.28. The molecule has 0 spiro atoms. The maximum Gasteiger partial charge on any atom is 0.264 e. The molecule has 19 heavy (non-hydrogen) atoms. The van der Waals surface area contributed by atoms with Gasteiger partial charge in [-0.15, -0.1) is 0 Å². The largest absolute Gasteiger partial charge is 0.501 e. The van der Waals surface area contributed by atoms with Crippen LogP contribution in [0.1, 0.15) is 26.7 Å². The summed E-state index contributed by atoms with van der Waals surface area (Å²) in [6, 6.07) is 0.186. The highest BCUT2D eigenvalue weighted by Crippen LogP contribution is 2.27. The van der Waals surface area contributed by atoms with E-state index >= 15 is 0 Å². The lowest BCUT2D eigenvalue weighted by atomic mass is 9.88. The summed E-state index contributed by atoms with van der Waals surface area (Å²) in [6.45, 7) is 4.77. The molecule has 0 aromatic heterocycles. The second-order valence-corrected chi connectivity index (χ2v) is 6.50. The fraction of sp³-hybridized carbons (Fsp3) is 0.692. The first-order valence-corrected chi connectivity index (χ1v) is 8.07. The Morgan fingerprint density at radius 1 is 1.53 bits per heavy atom. The van der Waals surface area contributed by atoms with Crippen molar-refractivity contribution in [1.82, 2.24) is 5.32 Å². The SMILES string of the molecule is COC1=CC=C([C@H](C)NCCCS(=O)(=O)O)C(C)C1. The molecule has 0 aromatic rings. The van der Waals surface area contributed by atoms with E-state index in [0.717, 1.165) is 12.2 Å². The number of allylic oxidation sites excluding steroid dienone is 3. The summed E-state index contributed by atoms with van der Waals surface area (Å²) in [5, 5.41) is 3.27. The van der Waals surface area contributed by atoms with Crippen molar-refractivity contribution in [2.75, 3.05) is 19.4 Å². The van der Waals surface area contributed by atoms with Crippen LogP contribution in [0.15, 0.2) is 23.5 Å². The summed E-state index contributed by atoms with van der Waals surface area (Å²) in [4.78, 5) is 0. The Hall–Kier alpha value is -0.850. The second-order valence-electron chi connectivity index (χ2n) is 4.92. The van der Waals surface area contributed by atoms with Gasteiger partial charge in [0.05, 0.1) is 18.6 Å². The fourth-order valence-corrected chi connectivity index (χ4v) is 2.76. The van der Waals surface area contributed by atoms with E-state index in [9.17, 15) is 8.42 Å². The van der Waals surface area contributed by atoms with Gasteiger partial charge in [0.1, 0.15) is 0 Å². The molecule has 110 valence electrons. The average molecular weight is 289 g/mol. The zero-order valence-corrected chi connectivity index (χ0v) is 12.5. The van der Waals surface area contributed by atoms with Gasteiger partial charge < -0.3 is 10.1 Å². The summed E-state index contributed by atoms with van der Waals surface area (Å²) in [5.74, 6) is 1.19. The highest BCUT2D eigenvalue weighted by Gasteiger charge is 2.19. The van der Waals surface area contributed by atoms with Crippen LogP contribution >= 0.6 is 0 Å². The predicted molar refractivity (Wildman–Crippen MR) is 75.5 cm³/mol. The van der Waals surface area contributed by atoms with Crippen molar-refractivity contribution in [3.8, 4) is 0 Å². The van der Waals surface area contributed by atoms with Crippen LogP contribution in [0, 0.1) is 5.92 Å². The van der Waals surface area contributed by atoms with E-state index in [0.29, 0.717) is 18.9 Å². The van der Waals surface area contributed by atoms with E-state index in [1.807, 2.05) is 6.08 Å². The molecular weight excluding hydrogens is 266 g/mol. The Morgan fingerprint density at radius 2 is 2.21 bits per heavy atom. The molecule has 2 N–H and O–H groups in total. The molecule has 0 fully saturated rings. The van der Waals surface area contributed by atoms with Crippen molar-refractivity contribution in [2.24, 2.45) is 5.92 Å². The molecule has 2 atom stereocenters. The molecule has 0 aromatic carbocycles. The minimum absolute atomic E-state index is 0.186. The van der Waals surface area contributed by atoms with Crippen molar-refractivity contribution >= 4 is 10.1 Å². The molecule has 0 radical (unpaired) electrons. The standard InChI is InChI=1S/C13H23NO4S/c1-10-9-12(18-3)5-6-13(10)11(2)14-7-4-8-19(15,16)17/h5-6,10-11,14H,4,7-9H2,1-3H3,(H,15,16,17)/t10?,11-/m0/s1. The van der Waals surface area contributed by atoms with Crippen molar-refractivity contribution in [3.05, 3.63) is 23.5 Å². The van der Waals surface area contributed by atoms with Gasteiger partial charge in [-0.25, -0.2) is 0 Å². The second kappa shape index (κ2) is 7.07. The van der Waals surface area contributed by atoms with E-state index in [4.69, 9.17) is 9.29 Å². The Kier molecular flexibility index (Phi) is 6.03. The van der Waals surface area contributed by atoms with E-state index in [-0.39, 0.29) is 11.8 Å². The Bertz CT molecular complexity index is 453. The third-order valence-electron chi connectivity index (χ3n) is 3.33. The number of rotatable bonds is 7. The zero-order chi connectivity index (χ0) is 14.5. The van der Waals surface area contributed by atoms with Gasteiger partial charge in [0, 0.05) is 12.5 Å². The van der Waals surface area contributed by atoms with Crippen molar-refractivity contribution in [1.29, 1.82) is 0 Å².